The minimum Gasteiger partial charge on any atom is -0.436 e. The van der Waals surface area contributed by atoms with Crippen molar-refractivity contribution in [2.45, 2.75) is 6.42 Å². The van der Waals surface area contributed by atoms with Crippen LogP contribution in [0, 0.1) is 0 Å². The molecular weight excluding hydrogens is 342 g/mol. The Morgan fingerprint density at radius 2 is 1.46 bits per heavy atom. The molecule has 0 unspecified atom stereocenters. The lowest BCUT2D eigenvalue weighted by Gasteiger charge is -2.04. The van der Waals surface area contributed by atoms with Crippen LogP contribution in [0.25, 0.3) is 44.7 Å². The maximum Gasteiger partial charge on any atom is 0.226 e. The second-order valence-electron chi connectivity index (χ2n) is 7.26. The highest BCUT2D eigenvalue weighted by atomic mass is 16.4. The van der Waals surface area contributed by atoms with Crippen molar-refractivity contribution in [3.8, 4) is 33.9 Å². The Bertz CT molecular complexity index is 1340. The first-order valence-corrected chi connectivity index (χ1v) is 9.52. The fourth-order valence-corrected chi connectivity index (χ4v) is 4.25. The Morgan fingerprint density at radius 1 is 0.679 bits per heavy atom. The maximum absolute atomic E-state index is 6.19. The number of hydrogen-bond acceptors (Lipinski definition) is 2. The van der Waals surface area contributed by atoms with E-state index in [-0.39, 0.29) is 0 Å². The quantitative estimate of drug-likeness (QED) is 0.342. The fraction of sp³-hybridized carbons (Fsp3) is 0.0385. The predicted molar refractivity (Wildman–Crippen MR) is 113 cm³/mol. The van der Waals surface area contributed by atoms with Crippen LogP contribution in [-0.4, -0.2) is 4.98 Å². The van der Waals surface area contributed by atoms with Crippen molar-refractivity contribution >= 4 is 10.8 Å². The summed E-state index contributed by atoms with van der Waals surface area (Å²) in [6, 6.07) is 29.8. The van der Waals surface area contributed by atoms with Crippen LogP contribution < -0.4 is 0 Å². The van der Waals surface area contributed by atoms with Crippen LogP contribution in [0.15, 0.2) is 95.5 Å². The topological polar surface area (TPSA) is 26.0 Å². The second kappa shape index (κ2) is 5.93. The largest absolute Gasteiger partial charge is 0.436 e. The van der Waals surface area contributed by atoms with Crippen molar-refractivity contribution in [2.75, 3.05) is 0 Å². The van der Waals surface area contributed by atoms with Crippen LogP contribution in [0.1, 0.15) is 11.1 Å². The molecule has 0 saturated carbocycles. The monoisotopic (exact) mass is 359 g/mol. The average molecular weight is 359 g/mol. The van der Waals surface area contributed by atoms with Crippen molar-refractivity contribution in [2.24, 2.45) is 0 Å². The van der Waals surface area contributed by atoms with E-state index in [4.69, 9.17) is 4.42 Å². The molecule has 2 heteroatoms. The molecule has 28 heavy (non-hydrogen) atoms. The zero-order valence-electron chi connectivity index (χ0n) is 15.2. The van der Waals surface area contributed by atoms with E-state index >= 15 is 0 Å². The lowest BCUT2D eigenvalue weighted by atomic mass is 10.0. The van der Waals surface area contributed by atoms with Crippen LogP contribution >= 0.6 is 0 Å². The SMILES string of the molecule is c1ccc2c(c1)Cc1cc(-c3ncc(-c4cccc5ccccc45)o3)ccc1-2. The lowest BCUT2D eigenvalue weighted by molar-refractivity contribution is 0.589. The van der Waals surface area contributed by atoms with Gasteiger partial charge in [0.1, 0.15) is 0 Å². The van der Waals surface area contributed by atoms with Crippen molar-refractivity contribution < 1.29 is 4.42 Å². The molecule has 1 aromatic heterocycles. The van der Waals surface area contributed by atoms with Gasteiger partial charge in [0, 0.05) is 11.1 Å². The summed E-state index contributed by atoms with van der Waals surface area (Å²) in [4.78, 5) is 4.58. The second-order valence-corrected chi connectivity index (χ2v) is 7.26. The summed E-state index contributed by atoms with van der Waals surface area (Å²) >= 11 is 0. The summed E-state index contributed by atoms with van der Waals surface area (Å²) in [5.74, 6) is 1.47. The van der Waals surface area contributed by atoms with Gasteiger partial charge in [0.25, 0.3) is 0 Å². The van der Waals surface area contributed by atoms with Gasteiger partial charge in [-0.15, -0.1) is 0 Å². The van der Waals surface area contributed by atoms with Crippen molar-refractivity contribution in [1.82, 2.24) is 4.98 Å². The maximum atomic E-state index is 6.19. The molecule has 1 aliphatic carbocycles. The van der Waals surface area contributed by atoms with E-state index < -0.39 is 0 Å². The first kappa shape index (κ1) is 15.4. The molecule has 0 aliphatic heterocycles. The smallest absolute Gasteiger partial charge is 0.226 e. The molecule has 2 nitrogen and oxygen atoms in total. The number of nitrogens with zero attached hydrogens (tertiary/aromatic N) is 1. The van der Waals surface area contributed by atoms with Gasteiger partial charge >= 0.3 is 0 Å². The molecule has 0 amide bonds. The Balaban J connectivity index is 1.42. The molecule has 0 atom stereocenters. The van der Waals surface area contributed by atoms with E-state index in [9.17, 15) is 0 Å². The average Bonchev–Trinajstić information content (AvgIpc) is 3.38. The number of benzene rings is 4. The first-order valence-electron chi connectivity index (χ1n) is 9.52. The lowest BCUT2D eigenvalue weighted by Crippen LogP contribution is -1.83. The molecule has 0 radical (unpaired) electrons. The van der Waals surface area contributed by atoms with Gasteiger partial charge < -0.3 is 4.42 Å². The zero-order valence-corrected chi connectivity index (χ0v) is 15.2. The molecule has 0 bridgehead atoms. The highest BCUT2D eigenvalue weighted by Gasteiger charge is 2.19. The summed E-state index contributed by atoms with van der Waals surface area (Å²) in [6.45, 7) is 0. The van der Waals surface area contributed by atoms with E-state index in [2.05, 4.69) is 89.9 Å². The number of oxazole rings is 1. The molecular formula is C26H17NO. The van der Waals surface area contributed by atoms with Gasteiger partial charge in [0.15, 0.2) is 5.76 Å². The number of fused-ring (bicyclic) bond motifs is 4. The molecule has 6 rings (SSSR count). The van der Waals surface area contributed by atoms with E-state index in [1.54, 1.807) is 0 Å². The Hall–Kier alpha value is -3.65. The molecule has 0 spiro atoms. The van der Waals surface area contributed by atoms with Crippen LogP contribution in [0.4, 0.5) is 0 Å². The van der Waals surface area contributed by atoms with Crippen molar-refractivity contribution in [3.05, 3.63) is 102 Å². The molecule has 1 aliphatic rings. The highest BCUT2D eigenvalue weighted by Crippen LogP contribution is 2.39. The van der Waals surface area contributed by atoms with E-state index in [0.717, 1.165) is 23.3 Å². The predicted octanol–water partition coefficient (Wildman–Crippen LogP) is 6.73. The molecule has 132 valence electrons. The van der Waals surface area contributed by atoms with E-state index in [1.165, 1.54) is 33.0 Å². The fourth-order valence-electron chi connectivity index (χ4n) is 4.25. The zero-order chi connectivity index (χ0) is 18.5. The van der Waals surface area contributed by atoms with Gasteiger partial charge in [-0.2, -0.15) is 0 Å². The third-order valence-electron chi connectivity index (χ3n) is 5.60. The minimum atomic E-state index is 0.668. The normalized spacial score (nSPS) is 12.1. The van der Waals surface area contributed by atoms with Gasteiger partial charge in [-0.3, -0.25) is 0 Å². The number of aromatic nitrogens is 1. The molecule has 1 heterocycles. The molecule has 0 fully saturated rings. The first-order chi connectivity index (χ1) is 13.9. The summed E-state index contributed by atoms with van der Waals surface area (Å²) in [7, 11) is 0. The Kier molecular flexibility index (Phi) is 3.26. The van der Waals surface area contributed by atoms with E-state index in [1.807, 2.05) is 6.20 Å². The summed E-state index contributed by atoms with van der Waals surface area (Å²) in [5, 5.41) is 2.38. The Morgan fingerprint density at radius 3 is 2.46 bits per heavy atom. The number of hydrogen-bond donors (Lipinski definition) is 0. The van der Waals surface area contributed by atoms with Crippen LogP contribution in [-0.2, 0) is 6.42 Å². The van der Waals surface area contributed by atoms with Gasteiger partial charge in [-0.05, 0) is 51.6 Å². The number of rotatable bonds is 2. The van der Waals surface area contributed by atoms with Gasteiger partial charge in [0.05, 0.1) is 6.20 Å². The van der Waals surface area contributed by atoms with Crippen LogP contribution in [0.3, 0.4) is 0 Å². The van der Waals surface area contributed by atoms with Gasteiger partial charge in [-0.25, -0.2) is 4.98 Å². The van der Waals surface area contributed by atoms with Crippen molar-refractivity contribution in [1.29, 1.82) is 0 Å². The summed E-state index contributed by atoms with van der Waals surface area (Å²) in [5.41, 5.74) is 7.48. The van der Waals surface area contributed by atoms with Crippen LogP contribution in [0.5, 0.6) is 0 Å². The van der Waals surface area contributed by atoms with E-state index in [0.29, 0.717) is 5.89 Å². The third-order valence-corrected chi connectivity index (χ3v) is 5.60. The molecule has 0 saturated heterocycles. The molecule has 0 N–H and O–H groups in total. The molecule has 5 aromatic rings. The van der Waals surface area contributed by atoms with Gasteiger partial charge in [0.2, 0.25) is 5.89 Å². The van der Waals surface area contributed by atoms with Crippen molar-refractivity contribution in [3.63, 3.8) is 0 Å². The summed E-state index contributed by atoms with van der Waals surface area (Å²) in [6.07, 6.45) is 2.80. The molecule has 4 aromatic carbocycles. The van der Waals surface area contributed by atoms with Crippen LogP contribution in [0.2, 0.25) is 0 Å². The standard InChI is InChI=1S/C26H17NO/c1-3-9-21-17(6-1)8-5-11-24(21)25-16-27-26(28-25)19-12-13-23-20(15-19)14-18-7-2-4-10-22(18)23/h1-13,15-16H,14H2. The minimum absolute atomic E-state index is 0.668. The summed E-state index contributed by atoms with van der Waals surface area (Å²) < 4.78 is 6.19. The Labute approximate surface area is 163 Å². The third kappa shape index (κ3) is 2.31. The highest BCUT2D eigenvalue weighted by molar-refractivity contribution is 5.95. The van der Waals surface area contributed by atoms with Gasteiger partial charge in [-0.1, -0.05) is 72.8 Å².